The van der Waals surface area contributed by atoms with E-state index >= 15 is 0 Å². The maximum absolute atomic E-state index is 12.7. The van der Waals surface area contributed by atoms with Crippen molar-refractivity contribution in [3.63, 3.8) is 0 Å². The molecule has 2 N–H and O–H groups in total. The normalized spacial score (nSPS) is 11.6. The quantitative estimate of drug-likeness (QED) is 0.790. The van der Waals surface area contributed by atoms with Crippen LogP contribution in [0.1, 0.15) is 16.7 Å². The molecular weight excluding hydrogens is 324 g/mol. The predicted molar refractivity (Wildman–Crippen MR) is 93.1 cm³/mol. The lowest BCUT2D eigenvalue weighted by Gasteiger charge is -2.05. The SMILES string of the molecule is Cc1ccc(S(=O)(=O)n2nc(-c3ccc(C)c(C)c3)nc2N)cc1. The van der Waals surface area contributed by atoms with Crippen LogP contribution in [0.15, 0.2) is 47.4 Å². The Labute approximate surface area is 141 Å². The Hall–Kier alpha value is -2.67. The number of hydrogen-bond donors (Lipinski definition) is 1. The lowest BCUT2D eigenvalue weighted by Crippen LogP contribution is -2.17. The molecule has 0 aliphatic heterocycles. The van der Waals surface area contributed by atoms with Crippen molar-refractivity contribution in [3.05, 3.63) is 59.2 Å². The molecule has 0 saturated heterocycles. The van der Waals surface area contributed by atoms with Crippen molar-refractivity contribution in [1.82, 2.24) is 14.2 Å². The van der Waals surface area contributed by atoms with Gasteiger partial charge in [0.15, 0.2) is 5.82 Å². The molecule has 2 aromatic carbocycles. The standard InChI is InChI=1S/C17H18N4O2S/c1-11-4-8-15(9-5-11)24(22,23)21-17(18)19-16(20-21)14-7-6-12(2)13(3)10-14/h4-10H,1-3H3,(H2,18,19,20). The molecule has 3 rings (SSSR count). The van der Waals surface area contributed by atoms with Crippen LogP contribution in [0.5, 0.6) is 0 Å². The smallest absolute Gasteiger partial charge is 0.286 e. The molecule has 7 heteroatoms. The van der Waals surface area contributed by atoms with Crippen molar-refractivity contribution in [2.75, 3.05) is 5.73 Å². The fraction of sp³-hybridized carbons (Fsp3) is 0.176. The molecule has 6 nitrogen and oxygen atoms in total. The summed E-state index contributed by atoms with van der Waals surface area (Å²) in [5.74, 6) is 0.120. The Kier molecular flexibility index (Phi) is 3.88. The average Bonchev–Trinajstić information content (AvgIpc) is 2.93. The van der Waals surface area contributed by atoms with Crippen LogP contribution in [0.25, 0.3) is 11.4 Å². The number of anilines is 1. The Bertz CT molecular complexity index is 1010. The first-order valence-electron chi connectivity index (χ1n) is 7.41. The van der Waals surface area contributed by atoms with Crippen molar-refractivity contribution in [2.45, 2.75) is 25.7 Å². The van der Waals surface area contributed by atoms with Gasteiger partial charge in [-0.3, -0.25) is 0 Å². The van der Waals surface area contributed by atoms with E-state index in [1.165, 1.54) is 12.1 Å². The van der Waals surface area contributed by atoms with E-state index in [-0.39, 0.29) is 16.7 Å². The van der Waals surface area contributed by atoms with Gasteiger partial charge >= 0.3 is 0 Å². The fourth-order valence-electron chi connectivity index (χ4n) is 2.30. The highest BCUT2D eigenvalue weighted by Crippen LogP contribution is 2.23. The Morgan fingerprint density at radius 1 is 0.958 bits per heavy atom. The minimum absolute atomic E-state index is 0.122. The molecule has 0 unspecified atom stereocenters. The summed E-state index contributed by atoms with van der Waals surface area (Å²) < 4.78 is 26.2. The van der Waals surface area contributed by atoms with Crippen molar-refractivity contribution in [3.8, 4) is 11.4 Å². The highest BCUT2D eigenvalue weighted by Gasteiger charge is 2.23. The van der Waals surface area contributed by atoms with Gasteiger partial charge in [-0.15, -0.1) is 9.19 Å². The van der Waals surface area contributed by atoms with Crippen LogP contribution < -0.4 is 5.73 Å². The molecule has 24 heavy (non-hydrogen) atoms. The minimum Gasteiger partial charge on any atom is -0.367 e. The molecule has 1 aromatic heterocycles. The maximum atomic E-state index is 12.7. The van der Waals surface area contributed by atoms with Gasteiger partial charge in [-0.25, -0.2) is 0 Å². The average molecular weight is 342 g/mol. The lowest BCUT2D eigenvalue weighted by molar-refractivity contribution is 0.581. The highest BCUT2D eigenvalue weighted by molar-refractivity contribution is 7.90. The van der Waals surface area contributed by atoms with Gasteiger partial charge in [0.2, 0.25) is 5.95 Å². The van der Waals surface area contributed by atoms with Crippen LogP contribution in [-0.2, 0) is 10.0 Å². The van der Waals surface area contributed by atoms with Crippen LogP contribution in [0.3, 0.4) is 0 Å². The predicted octanol–water partition coefficient (Wildman–Crippen LogP) is 2.69. The third-order valence-electron chi connectivity index (χ3n) is 3.91. The van der Waals surface area contributed by atoms with E-state index in [2.05, 4.69) is 10.1 Å². The summed E-state index contributed by atoms with van der Waals surface area (Å²) in [6, 6.07) is 12.2. The first kappa shape index (κ1) is 16.2. The van der Waals surface area contributed by atoms with Gasteiger partial charge in [0.05, 0.1) is 4.90 Å². The van der Waals surface area contributed by atoms with Gasteiger partial charge < -0.3 is 5.73 Å². The van der Waals surface area contributed by atoms with Crippen molar-refractivity contribution in [1.29, 1.82) is 0 Å². The van der Waals surface area contributed by atoms with Gasteiger partial charge in [0.25, 0.3) is 10.0 Å². The van der Waals surface area contributed by atoms with Crippen LogP contribution in [0.2, 0.25) is 0 Å². The molecule has 0 aliphatic carbocycles. The molecule has 124 valence electrons. The summed E-state index contributed by atoms with van der Waals surface area (Å²) >= 11 is 0. The summed E-state index contributed by atoms with van der Waals surface area (Å²) in [6.07, 6.45) is 0. The van der Waals surface area contributed by atoms with E-state index in [1.807, 2.05) is 39.0 Å². The summed E-state index contributed by atoms with van der Waals surface area (Å²) in [5.41, 5.74) is 9.71. The molecule has 0 radical (unpaired) electrons. The van der Waals surface area contributed by atoms with Crippen LogP contribution in [0, 0.1) is 20.8 Å². The molecule has 1 heterocycles. The Morgan fingerprint density at radius 3 is 2.25 bits per heavy atom. The first-order chi connectivity index (χ1) is 11.3. The van der Waals surface area contributed by atoms with E-state index < -0.39 is 10.0 Å². The number of nitrogen functional groups attached to an aromatic ring is 1. The minimum atomic E-state index is -3.87. The van der Waals surface area contributed by atoms with Crippen LogP contribution in [0.4, 0.5) is 5.95 Å². The third-order valence-corrected chi connectivity index (χ3v) is 5.51. The number of aryl methyl sites for hydroxylation is 3. The van der Waals surface area contributed by atoms with Crippen molar-refractivity contribution < 1.29 is 8.42 Å². The first-order valence-corrected chi connectivity index (χ1v) is 8.85. The van der Waals surface area contributed by atoms with Gasteiger partial charge in [-0.1, -0.05) is 29.8 Å². The third kappa shape index (κ3) is 2.78. The second-order valence-electron chi connectivity index (χ2n) is 5.75. The molecule has 0 saturated carbocycles. The van der Waals surface area contributed by atoms with Gasteiger partial charge in [-0.05, 0) is 50.1 Å². The molecule has 0 atom stereocenters. The van der Waals surface area contributed by atoms with E-state index in [0.717, 1.165) is 26.3 Å². The van der Waals surface area contributed by atoms with E-state index in [4.69, 9.17) is 5.73 Å². The number of rotatable bonds is 3. The van der Waals surface area contributed by atoms with E-state index in [0.29, 0.717) is 0 Å². The van der Waals surface area contributed by atoms with Gasteiger partial charge in [0, 0.05) is 5.56 Å². The number of aromatic nitrogens is 3. The summed E-state index contributed by atoms with van der Waals surface area (Å²) in [7, 11) is -3.87. The molecule has 0 aliphatic rings. The van der Waals surface area contributed by atoms with Gasteiger partial charge in [-0.2, -0.15) is 13.4 Å². The number of nitrogens with two attached hydrogens (primary N) is 1. The number of benzene rings is 2. The topological polar surface area (TPSA) is 90.9 Å². The zero-order valence-corrected chi connectivity index (χ0v) is 14.5. The number of nitrogens with zero attached hydrogens (tertiary/aromatic N) is 3. The molecule has 0 fully saturated rings. The van der Waals surface area contributed by atoms with Crippen molar-refractivity contribution in [2.24, 2.45) is 0 Å². The molecule has 3 aromatic rings. The van der Waals surface area contributed by atoms with E-state index in [1.54, 1.807) is 12.1 Å². The molecule has 0 spiro atoms. The maximum Gasteiger partial charge on any atom is 0.286 e. The zero-order chi connectivity index (χ0) is 17.5. The zero-order valence-electron chi connectivity index (χ0n) is 13.7. The summed E-state index contributed by atoms with van der Waals surface area (Å²) in [5, 5.41) is 4.11. The summed E-state index contributed by atoms with van der Waals surface area (Å²) in [4.78, 5) is 4.23. The fourth-order valence-corrected chi connectivity index (χ4v) is 3.45. The van der Waals surface area contributed by atoms with Crippen molar-refractivity contribution >= 4 is 16.0 Å². The Balaban J connectivity index is 2.08. The molecular formula is C17H18N4O2S. The molecule has 0 bridgehead atoms. The number of hydrogen-bond acceptors (Lipinski definition) is 5. The lowest BCUT2D eigenvalue weighted by atomic mass is 10.1. The van der Waals surface area contributed by atoms with Crippen LogP contribution in [-0.4, -0.2) is 22.6 Å². The Morgan fingerprint density at radius 2 is 1.62 bits per heavy atom. The monoisotopic (exact) mass is 342 g/mol. The molecule has 0 amide bonds. The van der Waals surface area contributed by atoms with Gasteiger partial charge in [0.1, 0.15) is 0 Å². The highest BCUT2D eigenvalue weighted by atomic mass is 32.2. The second-order valence-corrected chi connectivity index (χ2v) is 7.52. The largest absolute Gasteiger partial charge is 0.367 e. The summed E-state index contributed by atoms with van der Waals surface area (Å²) in [6.45, 7) is 5.86. The van der Waals surface area contributed by atoms with E-state index in [9.17, 15) is 8.42 Å². The second kappa shape index (κ2) is 5.76. The van der Waals surface area contributed by atoms with Crippen LogP contribution >= 0.6 is 0 Å².